The summed E-state index contributed by atoms with van der Waals surface area (Å²) >= 11 is 0. The molecule has 190 valence electrons. The van der Waals surface area contributed by atoms with Crippen LogP contribution in [0.15, 0.2) is 78.9 Å². The van der Waals surface area contributed by atoms with Crippen molar-refractivity contribution < 1.29 is 40.7 Å². The van der Waals surface area contributed by atoms with Crippen LogP contribution in [0.25, 0.3) is 0 Å². The third kappa shape index (κ3) is 6.24. The molecule has 1 N–H and O–H groups in total. The zero-order valence-corrected chi connectivity index (χ0v) is 18.9. The SMILES string of the molecule is COC(=O)CC(=O)NC(Cc1ccccc1)(c1cccc(C(F)(F)F)c1)c1cccc(C(F)(F)F)c1. The molecule has 4 nitrogen and oxygen atoms in total. The molecule has 3 aromatic carbocycles. The molecule has 0 aliphatic carbocycles. The first-order valence-corrected chi connectivity index (χ1v) is 10.6. The van der Waals surface area contributed by atoms with Gasteiger partial charge in [-0.3, -0.25) is 9.59 Å². The van der Waals surface area contributed by atoms with Crippen LogP contribution in [-0.4, -0.2) is 19.0 Å². The monoisotopic (exact) mass is 509 g/mol. The molecule has 0 saturated carbocycles. The molecule has 0 atom stereocenters. The van der Waals surface area contributed by atoms with Crippen molar-refractivity contribution in [3.8, 4) is 0 Å². The maximum absolute atomic E-state index is 13.6. The molecule has 0 aliphatic rings. The second-order valence-corrected chi connectivity index (χ2v) is 8.03. The fourth-order valence-electron chi connectivity index (χ4n) is 3.87. The smallest absolute Gasteiger partial charge is 0.416 e. The molecule has 0 aliphatic heterocycles. The van der Waals surface area contributed by atoms with Gasteiger partial charge < -0.3 is 10.1 Å². The lowest BCUT2D eigenvalue weighted by molar-refractivity contribution is -0.144. The Morgan fingerprint density at radius 3 is 1.64 bits per heavy atom. The van der Waals surface area contributed by atoms with E-state index in [1.165, 1.54) is 12.1 Å². The van der Waals surface area contributed by atoms with Gasteiger partial charge in [0.2, 0.25) is 5.91 Å². The van der Waals surface area contributed by atoms with Gasteiger partial charge in [0.25, 0.3) is 0 Å². The maximum atomic E-state index is 13.6. The average Bonchev–Trinajstić information content (AvgIpc) is 2.83. The number of carbonyl (C=O) groups excluding carboxylic acids is 2. The molecular weight excluding hydrogens is 488 g/mol. The van der Waals surface area contributed by atoms with E-state index in [1.807, 2.05) is 0 Å². The number of rotatable bonds is 7. The summed E-state index contributed by atoms with van der Waals surface area (Å²) in [5.74, 6) is -1.86. The summed E-state index contributed by atoms with van der Waals surface area (Å²) in [6.45, 7) is 0. The van der Waals surface area contributed by atoms with Crippen LogP contribution in [0, 0.1) is 0 Å². The molecule has 0 saturated heterocycles. The Hall–Kier alpha value is -3.82. The Morgan fingerprint density at radius 2 is 1.19 bits per heavy atom. The first kappa shape index (κ1) is 26.8. The highest BCUT2D eigenvalue weighted by Gasteiger charge is 2.41. The summed E-state index contributed by atoms with van der Waals surface area (Å²) in [5.41, 5.74) is -3.70. The molecule has 1 amide bonds. The third-order valence-corrected chi connectivity index (χ3v) is 5.56. The van der Waals surface area contributed by atoms with E-state index >= 15 is 0 Å². The number of benzene rings is 3. The second kappa shape index (κ2) is 10.4. The summed E-state index contributed by atoms with van der Waals surface area (Å²) in [7, 11) is 1.05. The van der Waals surface area contributed by atoms with E-state index in [2.05, 4.69) is 10.1 Å². The van der Waals surface area contributed by atoms with Crippen molar-refractivity contribution in [1.29, 1.82) is 0 Å². The highest BCUT2D eigenvalue weighted by molar-refractivity contribution is 5.94. The van der Waals surface area contributed by atoms with Crippen molar-refractivity contribution in [1.82, 2.24) is 5.32 Å². The molecule has 0 heterocycles. The van der Waals surface area contributed by atoms with E-state index in [0.29, 0.717) is 5.56 Å². The van der Waals surface area contributed by atoms with Crippen LogP contribution in [-0.2, 0) is 38.6 Å². The fraction of sp³-hybridized carbons (Fsp3) is 0.231. The lowest BCUT2D eigenvalue weighted by Crippen LogP contribution is -2.49. The first-order chi connectivity index (χ1) is 16.8. The van der Waals surface area contributed by atoms with Gasteiger partial charge in [0, 0.05) is 6.42 Å². The highest BCUT2D eigenvalue weighted by Crippen LogP contribution is 2.39. The molecule has 3 aromatic rings. The number of ether oxygens (including phenoxy) is 1. The Morgan fingerprint density at radius 1 is 0.722 bits per heavy atom. The number of methoxy groups -OCH3 is 1. The number of nitrogens with one attached hydrogen (secondary N) is 1. The van der Waals surface area contributed by atoms with Crippen LogP contribution in [0.1, 0.15) is 34.2 Å². The molecule has 0 spiro atoms. The Kier molecular flexibility index (Phi) is 7.76. The number of hydrogen-bond donors (Lipinski definition) is 1. The van der Waals surface area contributed by atoms with E-state index in [0.717, 1.165) is 43.5 Å². The van der Waals surface area contributed by atoms with E-state index < -0.39 is 47.3 Å². The van der Waals surface area contributed by atoms with Gasteiger partial charge in [-0.2, -0.15) is 26.3 Å². The van der Waals surface area contributed by atoms with Crippen LogP contribution in [0.4, 0.5) is 26.3 Å². The molecule has 0 radical (unpaired) electrons. The standard InChI is InChI=1S/C26H21F6NO3/c1-36-23(35)15-22(34)33-24(16-17-7-3-2-4-8-17,18-9-5-11-20(13-18)25(27,28)29)19-10-6-12-21(14-19)26(30,31)32/h2-14H,15-16H2,1H3,(H,33,34). The van der Waals surface area contributed by atoms with Gasteiger partial charge in [-0.1, -0.05) is 54.6 Å². The summed E-state index contributed by atoms with van der Waals surface area (Å²) in [6, 6.07) is 16.2. The molecule has 0 unspecified atom stereocenters. The van der Waals surface area contributed by atoms with Crippen LogP contribution in [0.5, 0.6) is 0 Å². The van der Waals surface area contributed by atoms with Crippen LogP contribution < -0.4 is 5.32 Å². The molecule has 36 heavy (non-hydrogen) atoms. The van der Waals surface area contributed by atoms with Crippen molar-refractivity contribution in [2.45, 2.75) is 30.7 Å². The first-order valence-electron chi connectivity index (χ1n) is 10.6. The molecule has 0 bridgehead atoms. The lowest BCUT2D eigenvalue weighted by Gasteiger charge is -2.37. The topological polar surface area (TPSA) is 55.4 Å². The van der Waals surface area contributed by atoms with Gasteiger partial charge in [-0.05, 0) is 41.0 Å². The predicted molar refractivity (Wildman–Crippen MR) is 119 cm³/mol. The number of esters is 1. The molecule has 3 rings (SSSR count). The van der Waals surface area contributed by atoms with E-state index in [1.54, 1.807) is 30.3 Å². The molecule has 0 aromatic heterocycles. The van der Waals surface area contributed by atoms with Crippen molar-refractivity contribution in [2.24, 2.45) is 0 Å². The quantitative estimate of drug-likeness (QED) is 0.246. The van der Waals surface area contributed by atoms with Crippen molar-refractivity contribution in [3.63, 3.8) is 0 Å². The normalized spacial score (nSPS) is 12.2. The maximum Gasteiger partial charge on any atom is 0.416 e. The second-order valence-electron chi connectivity index (χ2n) is 8.03. The third-order valence-electron chi connectivity index (χ3n) is 5.56. The minimum absolute atomic E-state index is 0.112. The molecule has 10 heteroatoms. The van der Waals surface area contributed by atoms with E-state index in [9.17, 15) is 35.9 Å². The number of amides is 1. The summed E-state index contributed by atoms with van der Waals surface area (Å²) in [6.07, 6.45) is -10.5. The largest absolute Gasteiger partial charge is 0.469 e. The van der Waals surface area contributed by atoms with Gasteiger partial charge >= 0.3 is 18.3 Å². The zero-order valence-electron chi connectivity index (χ0n) is 18.9. The van der Waals surface area contributed by atoms with E-state index in [-0.39, 0.29) is 17.5 Å². The minimum Gasteiger partial charge on any atom is -0.469 e. The van der Waals surface area contributed by atoms with Gasteiger partial charge in [-0.15, -0.1) is 0 Å². The highest BCUT2D eigenvalue weighted by atomic mass is 19.4. The summed E-state index contributed by atoms with van der Waals surface area (Å²) < 4.78 is 86.0. The Bertz CT molecular complexity index is 1160. The number of carbonyl (C=O) groups is 2. The van der Waals surface area contributed by atoms with Crippen LogP contribution >= 0.6 is 0 Å². The summed E-state index contributed by atoms with van der Waals surface area (Å²) in [4.78, 5) is 24.6. The number of halogens is 6. The number of hydrogen-bond acceptors (Lipinski definition) is 3. The number of alkyl halides is 6. The lowest BCUT2D eigenvalue weighted by atomic mass is 9.76. The fourth-order valence-corrected chi connectivity index (χ4v) is 3.87. The Labute approximate surface area is 202 Å². The van der Waals surface area contributed by atoms with Crippen LogP contribution in [0.2, 0.25) is 0 Å². The van der Waals surface area contributed by atoms with Crippen molar-refractivity contribution >= 4 is 11.9 Å². The Balaban J connectivity index is 2.31. The van der Waals surface area contributed by atoms with Gasteiger partial charge in [0.15, 0.2) is 0 Å². The van der Waals surface area contributed by atoms with Crippen molar-refractivity contribution in [3.05, 3.63) is 107 Å². The molecular formula is C26H21F6NO3. The summed E-state index contributed by atoms with van der Waals surface area (Å²) in [5, 5.41) is 2.56. The molecule has 0 fully saturated rings. The van der Waals surface area contributed by atoms with E-state index in [4.69, 9.17) is 0 Å². The zero-order chi connectivity index (χ0) is 26.6. The average molecular weight is 509 g/mol. The van der Waals surface area contributed by atoms with Crippen molar-refractivity contribution in [2.75, 3.05) is 7.11 Å². The van der Waals surface area contributed by atoms with Gasteiger partial charge in [-0.25, -0.2) is 0 Å². The van der Waals surface area contributed by atoms with Gasteiger partial charge in [0.05, 0.1) is 23.8 Å². The minimum atomic E-state index is -4.75. The van der Waals surface area contributed by atoms with Crippen LogP contribution in [0.3, 0.4) is 0 Å². The van der Waals surface area contributed by atoms with Gasteiger partial charge in [0.1, 0.15) is 6.42 Å². The predicted octanol–water partition coefficient (Wildman–Crippen LogP) is 5.89.